The third kappa shape index (κ3) is 2.91. The molecule has 0 radical (unpaired) electrons. The molecule has 2 aromatic carbocycles. The number of hydrogen-bond donors (Lipinski definition) is 1. The van der Waals surface area contributed by atoms with Crippen molar-refractivity contribution in [3.05, 3.63) is 70.5 Å². The first kappa shape index (κ1) is 16.6. The zero-order chi connectivity index (χ0) is 17.3. The van der Waals surface area contributed by atoms with Gasteiger partial charge in [0.1, 0.15) is 24.3 Å². The molecule has 0 aliphatic carbocycles. The van der Waals surface area contributed by atoms with E-state index in [9.17, 15) is 19.2 Å². The number of amides is 1. The van der Waals surface area contributed by atoms with Gasteiger partial charge < -0.3 is 14.9 Å². The van der Waals surface area contributed by atoms with Crippen LogP contribution in [0, 0.1) is 5.82 Å². The number of hydroxylamine groups is 2. The Kier molecular flexibility index (Phi) is 4.62. The van der Waals surface area contributed by atoms with Gasteiger partial charge in [-0.05, 0) is 29.8 Å². The van der Waals surface area contributed by atoms with Crippen molar-refractivity contribution in [3.63, 3.8) is 0 Å². The highest BCUT2D eigenvalue weighted by molar-refractivity contribution is 6.30. The number of nitrogens with zero attached hydrogens (tertiary/aromatic N) is 2. The maximum atomic E-state index is 13.9. The van der Waals surface area contributed by atoms with Crippen LogP contribution in [0.5, 0.6) is 0 Å². The van der Waals surface area contributed by atoms with Gasteiger partial charge in [0.15, 0.2) is 0 Å². The summed E-state index contributed by atoms with van der Waals surface area (Å²) in [4.78, 5) is 25.2. The maximum absolute atomic E-state index is 13.9. The fraction of sp³-hybridized carbons (Fsp3) is 0.176. The normalized spacial score (nSPS) is 21.0. The number of hydrogen-bond acceptors (Lipinski definition) is 4. The monoisotopic (exact) mass is 348 g/mol. The molecule has 5 nitrogen and oxygen atoms in total. The highest BCUT2D eigenvalue weighted by Crippen LogP contribution is 2.34. The lowest BCUT2D eigenvalue weighted by Crippen LogP contribution is -2.35. The molecule has 0 bridgehead atoms. The van der Waals surface area contributed by atoms with E-state index in [4.69, 9.17) is 11.6 Å². The van der Waals surface area contributed by atoms with Crippen molar-refractivity contribution >= 4 is 23.8 Å². The summed E-state index contributed by atoms with van der Waals surface area (Å²) in [6.07, 6.45) is -0.377. The Morgan fingerprint density at radius 2 is 2.00 bits per heavy atom. The first-order valence-corrected chi connectivity index (χ1v) is 7.64. The lowest BCUT2D eigenvalue weighted by Gasteiger charge is -2.27. The van der Waals surface area contributed by atoms with Gasteiger partial charge in [-0.3, -0.25) is 4.79 Å². The van der Waals surface area contributed by atoms with E-state index in [1.54, 1.807) is 30.3 Å². The summed E-state index contributed by atoms with van der Waals surface area (Å²) < 4.78 is 13.9. The number of carbonyl (C=O) groups excluding carboxylic acids is 2. The second kappa shape index (κ2) is 6.68. The van der Waals surface area contributed by atoms with Crippen molar-refractivity contribution < 1.29 is 19.2 Å². The average molecular weight is 349 g/mol. The summed E-state index contributed by atoms with van der Waals surface area (Å²) in [5.74, 6) is -1.27. The van der Waals surface area contributed by atoms with Crippen molar-refractivity contribution in [1.29, 1.82) is 0 Å². The Morgan fingerprint density at radius 1 is 1.25 bits per heavy atom. The standard InChI is InChI=1S/C17H14ClFN2O3/c18-12-5-3-4-11(8-12)16-20(9-13(10-22)21(16)24)17(23)14-6-1-2-7-15(14)19/h1-8,10,13,16,24H,9H2. The van der Waals surface area contributed by atoms with Crippen LogP contribution in [0.4, 0.5) is 4.39 Å². The van der Waals surface area contributed by atoms with Gasteiger partial charge in [0.25, 0.3) is 5.91 Å². The van der Waals surface area contributed by atoms with Crippen molar-refractivity contribution in [3.8, 4) is 0 Å². The number of aldehydes is 1. The molecule has 2 aromatic rings. The molecule has 24 heavy (non-hydrogen) atoms. The van der Waals surface area contributed by atoms with E-state index in [1.807, 2.05) is 0 Å². The van der Waals surface area contributed by atoms with E-state index in [1.165, 1.54) is 23.1 Å². The minimum absolute atomic E-state index is 0.0512. The van der Waals surface area contributed by atoms with E-state index >= 15 is 0 Å². The summed E-state index contributed by atoms with van der Waals surface area (Å²) in [6.45, 7) is -0.0512. The highest BCUT2D eigenvalue weighted by Gasteiger charge is 2.43. The van der Waals surface area contributed by atoms with E-state index in [2.05, 4.69) is 0 Å². The van der Waals surface area contributed by atoms with Crippen LogP contribution >= 0.6 is 11.6 Å². The van der Waals surface area contributed by atoms with Gasteiger partial charge in [-0.15, -0.1) is 0 Å². The number of carbonyl (C=O) groups is 2. The predicted octanol–water partition coefficient (Wildman–Crippen LogP) is 2.89. The Morgan fingerprint density at radius 3 is 2.67 bits per heavy atom. The summed E-state index contributed by atoms with van der Waals surface area (Å²) >= 11 is 5.98. The van der Waals surface area contributed by atoms with Crippen LogP contribution < -0.4 is 0 Å². The van der Waals surface area contributed by atoms with Gasteiger partial charge in [-0.1, -0.05) is 35.9 Å². The molecule has 7 heteroatoms. The lowest BCUT2D eigenvalue weighted by molar-refractivity contribution is -0.154. The van der Waals surface area contributed by atoms with Gasteiger partial charge in [0, 0.05) is 11.6 Å². The van der Waals surface area contributed by atoms with Gasteiger partial charge in [-0.25, -0.2) is 4.39 Å². The quantitative estimate of drug-likeness (QED) is 0.866. The van der Waals surface area contributed by atoms with Crippen LogP contribution in [0.25, 0.3) is 0 Å². The highest BCUT2D eigenvalue weighted by atomic mass is 35.5. The van der Waals surface area contributed by atoms with E-state index in [-0.39, 0.29) is 12.1 Å². The molecule has 0 spiro atoms. The van der Waals surface area contributed by atoms with Crippen LogP contribution in [0.2, 0.25) is 5.02 Å². The SMILES string of the molecule is O=CC1CN(C(=O)c2ccccc2F)C(c2cccc(Cl)c2)N1O. The minimum atomic E-state index is -0.925. The lowest BCUT2D eigenvalue weighted by atomic mass is 10.1. The predicted molar refractivity (Wildman–Crippen MR) is 85.1 cm³/mol. The molecule has 1 heterocycles. The molecule has 1 aliphatic rings. The first-order valence-electron chi connectivity index (χ1n) is 7.26. The van der Waals surface area contributed by atoms with Crippen LogP contribution in [0.3, 0.4) is 0 Å². The summed E-state index contributed by atoms with van der Waals surface area (Å²) in [5.41, 5.74) is 0.406. The van der Waals surface area contributed by atoms with Crippen molar-refractivity contribution in [1.82, 2.24) is 9.96 Å². The topological polar surface area (TPSA) is 60.9 Å². The Hall–Kier alpha value is -2.28. The zero-order valence-electron chi connectivity index (χ0n) is 12.5. The molecule has 1 fully saturated rings. The van der Waals surface area contributed by atoms with Crippen molar-refractivity contribution in [2.75, 3.05) is 6.54 Å². The smallest absolute Gasteiger partial charge is 0.258 e. The average Bonchev–Trinajstić information content (AvgIpc) is 2.91. The zero-order valence-corrected chi connectivity index (χ0v) is 13.2. The third-order valence-electron chi connectivity index (χ3n) is 3.94. The molecule has 1 N–H and O–H groups in total. The fourth-order valence-corrected chi connectivity index (χ4v) is 3.00. The van der Waals surface area contributed by atoms with Gasteiger partial charge in [0.2, 0.25) is 0 Å². The maximum Gasteiger partial charge on any atom is 0.258 e. The van der Waals surface area contributed by atoms with Crippen molar-refractivity contribution in [2.24, 2.45) is 0 Å². The van der Waals surface area contributed by atoms with Crippen LogP contribution in [0.15, 0.2) is 48.5 Å². The van der Waals surface area contributed by atoms with Crippen LogP contribution in [-0.4, -0.2) is 40.0 Å². The molecular weight excluding hydrogens is 335 g/mol. The molecule has 3 rings (SSSR count). The van der Waals surface area contributed by atoms with Gasteiger partial charge in [0.05, 0.1) is 5.56 Å². The Labute approximate surface area is 142 Å². The summed E-state index contributed by atoms with van der Waals surface area (Å²) in [7, 11) is 0. The largest absolute Gasteiger partial charge is 0.314 e. The number of halogens is 2. The van der Waals surface area contributed by atoms with E-state index in [0.717, 1.165) is 5.06 Å². The molecule has 1 saturated heterocycles. The second-order valence-electron chi connectivity index (χ2n) is 5.45. The van der Waals surface area contributed by atoms with Gasteiger partial charge in [-0.2, -0.15) is 5.06 Å². The van der Waals surface area contributed by atoms with Gasteiger partial charge >= 0.3 is 0 Å². The van der Waals surface area contributed by atoms with E-state index in [0.29, 0.717) is 16.9 Å². The van der Waals surface area contributed by atoms with Crippen LogP contribution in [-0.2, 0) is 4.79 Å². The third-order valence-corrected chi connectivity index (χ3v) is 4.17. The minimum Gasteiger partial charge on any atom is -0.314 e. The summed E-state index contributed by atoms with van der Waals surface area (Å²) in [6, 6.07) is 11.3. The Balaban J connectivity index is 2.02. The molecule has 0 saturated carbocycles. The first-order chi connectivity index (χ1) is 11.5. The molecule has 124 valence electrons. The molecule has 1 amide bonds. The second-order valence-corrected chi connectivity index (χ2v) is 5.89. The van der Waals surface area contributed by atoms with Crippen LogP contribution in [0.1, 0.15) is 22.1 Å². The molecular formula is C17H14ClFN2O3. The molecule has 2 unspecified atom stereocenters. The molecule has 0 aromatic heterocycles. The number of benzene rings is 2. The molecule has 2 atom stereocenters. The number of rotatable bonds is 3. The van der Waals surface area contributed by atoms with Crippen molar-refractivity contribution in [2.45, 2.75) is 12.2 Å². The fourth-order valence-electron chi connectivity index (χ4n) is 2.80. The van der Waals surface area contributed by atoms with E-state index < -0.39 is 23.9 Å². The summed E-state index contributed by atoms with van der Waals surface area (Å²) in [5, 5.41) is 11.5. The Bertz CT molecular complexity index is 786. The molecule has 1 aliphatic heterocycles.